The Morgan fingerprint density at radius 2 is 1.76 bits per heavy atom. The van der Waals surface area contributed by atoms with E-state index >= 15 is 0 Å². The van der Waals surface area contributed by atoms with Gasteiger partial charge in [-0.1, -0.05) is 12.1 Å². The number of anilines is 1. The molecule has 25 heavy (non-hydrogen) atoms. The van der Waals surface area contributed by atoms with Crippen LogP contribution >= 0.6 is 0 Å². The molecule has 0 atom stereocenters. The highest BCUT2D eigenvalue weighted by Crippen LogP contribution is 2.36. The van der Waals surface area contributed by atoms with Crippen LogP contribution in [0.15, 0.2) is 18.2 Å². The summed E-state index contributed by atoms with van der Waals surface area (Å²) in [5, 5.41) is 12.3. The second kappa shape index (κ2) is 6.63. The highest BCUT2D eigenvalue weighted by Gasteiger charge is 2.51. The first kappa shape index (κ1) is 19.8. The second-order valence-corrected chi connectivity index (χ2v) is 8.29. The Balaban J connectivity index is 2.19. The molecule has 1 aromatic carbocycles. The topological polar surface area (TPSA) is 77.0 Å². The van der Waals surface area contributed by atoms with Crippen LogP contribution in [0.5, 0.6) is 0 Å². The lowest BCUT2D eigenvalue weighted by Gasteiger charge is -2.32. The summed E-state index contributed by atoms with van der Waals surface area (Å²) in [6, 6.07) is 5.30. The maximum Gasteiger partial charge on any atom is 0.494 e. The van der Waals surface area contributed by atoms with E-state index in [2.05, 4.69) is 5.32 Å². The zero-order valence-electron chi connectivity index (χ0n) is 16.1. The molecule has 1 aromatic rings. The van der Waals surface area contributed by atoms with Crippen LogP contribution < -0.4 is 10.8 Å². The van der Waals surface area contributed by atoms with Gasteiger partial charge in [0.15, 0.2) is 0 Å². The zero-order chi connectivity index (χ0) is 19.0. The molecule has 1 aliphatic rings. The first-order valence-corrected chi connectivity index (χ1v) is 8.44. The van der Waals surface area contributed by atoms with Crippen LogP contribution in [0.4, 0.5) is 10.5 Å². The number of nitrogens with one attached hydrogen (secondary N) is 1. The average Bonchev–Trinajstić information content (AvgIpc) is 2.65. The molecule has 6 nitrogen and oxygen atoms in total. The fourth-order valence-electron chi connectivity index (χ4n) is 2.41. The molecule has 0 aromatic heterocycles. The summed E-state index contributed by atoms with van der Waals surface area (Å²) in [6.45, 7) is 13.1. The van der Waals surface area contributed by atoms with Crippen molar-refractivity contribution < 1.29 is 23.9 Å². The van der Waals surface area contributed by atoms with E-state index in [9.17, 15) is 9.90 Å². The van der Waals surface area contributed by atoms with Gasteiger partial charge in [0.25, 0.3) is 0 Å². The Kier molecular flexibility index (Phi) is 5.24. The number of carbonyl (C=O) groups excluding carboxylic acids is 1. The SMILES string of the molecule is CC(C)(C)OC(=O)Nc1ccc(B2OC(C)(C)C(C)(C)O2)cc1CO. The van der Waals surface area contributed by atoms with E-state index in [0.717, 1.165) is 5.46 Å². The quantitative estimate of drug-likeness (QED) is 0.821. The van der Waals surface area contributed by atoms with Gasteiger partial charge in [-0.15, -0.1) is 0 Å². The molecule has 7 heteroatoms. The molecule has 1 amide bonds. The number of benzene rings is 1. The minimum atomic E-state index is -0.591. The molecule has 0 bridgehead atoms. The van der Waals surface area contributed by atoms with Crippen molar-refractivity contribution in [3.8, 4) is 0 Å². The van der Waals surface area contributed by atoms with Gasteiger partial charge >= 0.3 is 13.2 Å². The molecular weight excluding hydrogens is 321 g/mol. The number of ether oxygens (including phenoxy) is 1. The summed E-state index contributed by atoms with van der Waals surface area (Å²) < 4.78 is 17.3. The van der Waals surface area contributed by atoms with Gasteiger partial charge < -0.3 is 19.2 Å². The van der Waals surface area contributed by atoms with Gasteiger partial charge in [-0.2, -0.15) is 0 Å². The lowest BCUT2D eigenvalue weighted by molar-refractivity contribution is 0.00578. The molecule has 1 aliphatic heterocycles. The predicted octanol–water partition coefficient (Wildman–Crippen LogP) is 2.83. The third kappa shape index (κ3) is 4.54. The monoisotopic (exact) mass is 349 g/mol. The molecule has 0 unspecified atom stereocenters. The fraction of sp³-hybridized carbons (Fsp3) is 0.611. The third-order valence-electron chi connectivity index (χ3n) is 4.46. The number of carbonyl (C=O) groups is 1. The molecule has 0 spiro atoms. The summed E-state index contributed by atoms with van der Waals surface area (Å²) in [6.07, 6.45) is -0.564. The molecule has 1 heterocycles. The van der Waals surface area contributed by atoms with Gasteiger partial charge in [0.2, 0.25) is 0 Å². The van der Waals surface area contributed by atoms with Crippen LogP contribution in [-0.4, -0.2) is 35.1 Å². The van der Waals surface area contributed by atoms with E-state index in [1.807, 2.05) is 33.8 Å². The molecule has 0 saturated carbocycles. The number of hydrogen-bond donors (Lipinski definition) is 2. The van der Waals surface area contributed by atoms with Crippen LogP contribution in [0.1, 0.15) is 54.0 Å². The van der Waals surface area contributed by atoms with Crippen molar-refractivity contribution in [1.29, 1.82) is 0 Å². The van der Waals surface area contributed by atoms with Crippen molar-refractivity contribution in [3.05, 3.63) is 23.8 Å². The van der Waals surface area contributed by atoms with Gasteiger partial charge in [0, 0.05) is 11.3 Å². The van der Waals surface area contributed by atoms with Crippen molar-refractivity contribution in [1.82, 2.24) is 0 Å². The van der Waals surface area contributed by atoms with Crippen LogP contribution in [0, 0.1) is 0 Å². The first-order chi connectivity index (χ1) is 11.3. The van der Waals surface area contributed by atoms with Crippen molar-refractivity contribution in [3.63, 3.8) is 0 Å². The van der Waals surface area contributed by atoms with E-state index in [1.165, 1.54) is 0 Å². The maximum absolute atomic E-state index is 11.9. The number of rotatable bonds is 3. The standard InChI is InChI=1S/C18H28BNO5/c1-16(2,3)23-15(22)20-14-9-8-13(10-12(14)11-21)19-24-17(4,5)18(6,7)25-19/h8-10,21H,11H2,1-7H3,(H,20,22). The molecule has 0 aliphatic carbocycles. The van der Waals surface area contributed by atoms with E-state index in [-0.39, 0.29) is 6.61 Å². The zero-order valence-corrected chi connectivity index (χ0v) is 16.1. The van der Waals surface area contributed by atoms with E-state index in [0.29, 0.717) is 11.3 Å². The van der Waals surface area contributed by atoms with Crippen LogP contribution in [-0.2, 0) is 20.7 Å². The molecule has 2 N–H and O–H groups in total. The summed E-state index contributed by atoms with van der Waals surface area (Å²) in [4.78, 5) is 11.9. The van der Waals surface area contributed by atoms with Crippen molar-refractivity contribution >= 4 is 24.4 Å². The van der Waals surface area contributed by atoms with Crippen molar-refractivity contribution in [2.24, 2.45) is 0 Å². The Morgan fingerprint density at radius 3 is 2.24 bits per heavy atom. The lowest BCUT2D eigenvalue weighted by atomic mass is 9.78. The number of aliphatic hydroxyl groups is 1. The Hall–Kier alpha value is -1.57. The molecule has 1 fully saturated rings. The molecule has 138 valence electrons. The summed E-state index contributed by atoms with van der Waals surface area (Å²) >= 11 is 0. The number of aliphatic hydroxyl groups excluding tert-OH is 1. The summed E-state index contributed by atoms with van der Waals surface area (Å²) in [7, 11) is -0.522. The van der Waals surface area contributed by atoms with Gasteiger partial charge in [-0.25, -0.2) is 4.79 Å². The van der Waals surface area contributed by atoms with Gasteiger partial charge in [0.05, 0.1) is 17.8 Å². The molecule has 2 rings (SSSR count). The summed E-state index contributed by atoms with van der Waals surface area (Å²) in [5.41, 5.74) is 0.383. The minimum Gasteiger partial charge on any atom is -0.444 e. The third-order valence-corrected chi connectivity index (χ3v) is 4.46. The van der Waals surface area contributed by atoms with Crippen molar-refractivity contribution in [2.75, 3.05) is 5.32 Å². The van der Waals surface area contributed by atoms with Crippen LogP contribution in [0.25, 0.3) is 0 Å². The van der Waals surface area contributed by atoms with Crippen molar-refractivity contribution in [2.45, 2.75) is 71.9 Å². The first-order valence-electron chi connectivity index (χ1n) is 8.44. The van der Waals surface area contributed by atoms with E-state index in [4.69, 9.17) is 14.0 Å². The van der Waals surface area contributed by atoms with Gasteiger partial charge in [-0.05, 0) is 60.0 Å². The highest BCUT2D eigenvalue weighted by atomic mass is 16.7. The average molecular weight is 349 g/mol. The van der Waals surface area contributed by atoms with E-state index in [1.54, 1.807) is 32.9 Å². The lowest BCUT2D eigenvalue weighted by Crippen LogP contribution is -2.41. The minimum absolute atomic E-state index is 0.224. The van der Waals surface area contributed by atoms with Crippen LogP contribution in [0.3, 0.4) is 0 Å². The summed E-state index contributed by atoms with van der Waals surface area (Å²) in [5.74, 6) is 0. The Labute approximate surface area is 150 Å². The maximum atomic E-state index is 11.9. The normalized spacial score (nSPS) is 19.0. The number of hydrogen-bond acceptors (Lipinski definition) is 5. The Bertz CT molecular complexity index is 635. The highest BCUT2D eigenvalue weighted by molar-refractivity contribution is 6.62. The van der Waals surface area contributed by atoms with Gasteiger partial charge in [-0.3, -0.25) is 5.32 Å². The van der Waals surface area contributed by atoms with Crippen LogP contribution in [0.2, 0.25) is 0 Å². The molecule has 1 saturated heterocycles. The number of amides is 1. The largest absolute Gasteiger partial charge is 0.494 e. The predicted molar refractivity (Wildman–Crippen MR) is 97.9 cm³/mol. The van der Waals surface area contributed by atoms with E-state index < -0.39 is 30.0 Å². The van der Waals surface area contributed by atoms with Gasteiger partial charge in [0.1, 0.15) is 5.60 Å². The smallest absolute Gasteiger partial charge is 0.444 e. The Morgan fingerprint density at radius 1 is 1.20 bits per heavy atom. The molecule has 0 radical (unpaired) electrons. The second-order valence-electron chi connectivity index (χ2n) is 8.29. The fourth-order valence-corrected chi connectivity index (χ4v) is 2.41. The molecular formula is C18H28BNO5.